The minimum atomic E-state index is 0.0159. The van der Waals surface area contributed by atoms with Crippen LogP contribution in [0.4, 0.5) is 0 Å². The number of likely N-dealkylation sites (N-methyl/N-ethyl adjacent to an activating group) is 2. The Bertz CT molecular complexity index is 480. The van der Waals surface area contributed by atoms with Gasteiger partial charge in [0, 0.05) is 13.1 Å². The maximum atomic E-state index is 11.7. The van der Waals surface area contributed by atoms with Crippen molar-refractivity contribution in [2.24, 2.45) is 0 Å². The van der Waals surface area contributed by atoms with Gasteiger partial charge in [0.15, 0.2) is 11.5 Å². The molecule has 0 saturated carbocycles. The monoisotopic (exact) mass is 358 g/mol. The minimum absolute atomic E-state index is 0.0159. The molecule has 6 heteroatoms. The molecule has 21 heavy (non-hydrogen) atoms. The van der Waals surface area contributed by atoms with Gasteiger partial charge in [-0.3, -0.25) is 9.69 Å². The molecule has 0 aliphatic heterocycles. The quantitative estimate of drug-likeness (QED) is 0.749. The number of aromatic hydroxyl groups is 1. The van der Waals surface area contributed by atoms with Crippen LogP contribution in [-0.4, -0.2) is 42.2 Å². The summed E-state index contributed by atoms with van der Waals surface area (Å²) in [7, 11) is 0. The topological polar surface area (TPSA) is 61.8 Å². The lowest BCUT2D eigenvalue weighted by molar-refractivity contribution is -0.122. The number of rotatable bonds is 8. The van der Waals surface area contributed by atoms with Crippen molar-refractivity contribution in [2.75, 3.05) is 26.2 Å². The number of benzene rings is 1. The van der Waals surface area contributed by atoms with Crippen LogP contribution >= 0.6 is 15.9 Å². The van der Waals surface area contributed by atoms with Gasteiger partial charge in [0.1, 0.15) is 0 Å². The van der Waals surface area contributed by atoms with Crippen LogP contribution in [0, 0.1) is 0 Å². The van der Waals surface area contributed by atoms with Crippen molar-refractivity contribution in [3.63, 3.8) is 0 Å². The van der Waals surface area contributed by atoms with E-state index in [2.05, 4.69) is 21.2 Å². The van der Waals surface area contributed by atoms with Crippen molar-refractivity contribution in [3.8, 4) is 11.5 Å². The second kappa shape index (κ2) is 8.89. The van der Waals surface area contributed by atoms with E-state index < -0.39 is 0 Å². The normalized spacial score (nSPS) is 10.7. The largest absolute Gasteiger partial charge is 0.503 e. The molecule has 0 aliphatic carbocycles. The van der Waals surface area contributed by atoms with Gasteiger partial charge in [-0.2, -0.15) is 0 Å². The van der Waals surface area contributed by atoms with Crippen LogP contribution in [0.1, 0.15) is 26.3 Å². The number of hydrogen-bond donors (Lipinski definition) is 2. The van der Waals surface area contributed by atoms with Crippen LogP contribution in [-0.2, 0) is 11.3 Å². The Labute approximate surface area is 134 Å². The summed E-state index contributed by atoms with van der Waals surface area (Å²) in [5, 5.41) is 12.7. The first-order valence-electron chi connectivity index (χ1n) is 7.14. The molecule has 0 heterocycles. The number of carbonyl (C=O) groups is 1. The second-order valence-electron chi connectivity index (χ2n) is 4.61. The van der Waals surface area contributed by atoms with E-state index >= 15 is 0 Å². The summed E-state index contributed by atoms with van der Waals surface area (Å²) in [6.07, 6.45) is 0. The summed E-state index contributed by atoms with van der Waals surface area (Å²) in [6, 6.07) is 3.65. The molecule has 0 radical (unpaired) electrons. The third-order valence-electron chi connectivity index (χ3n) is 2.98. The van der Waals surface area contributed by atoms with E-state index in [0.29, 0.717) is 36.5 Å². The maximum Gasteiger partial charge on any atom is 0.234 e. The molecule has 0 saturated heterocycles. The van der Waals surface area contributed by atoms with Crippen LogP contribution in [0.25, 0.3) is 0 Å². The summed E-state index contributed by atoms with van der Waals surface area (Å²) >= 11 is 3.33. The molecule has 0 unspecified atom stereocenters. The molecule has 118 valence electrons. The molecule has 5 nitrogen and oxygen atoms in total. The van der Waals surface area contributed by atoms with Gasteiger partial charge in [0.2, 0.25) is 5.91 Å². The van der Waals surface area contributed by atoms with Crippen molar-refractivity contribution in [1.29, 1.82) is 0 Å². The Morgan fingerprint density at radius 1 is 1.38 bits per heavy atom. The lowest BCUT2D eigenvalue weighted by atomic mass is 10.2. The Kier molecular flexibility index (Phi) is 7.53. The van der Waals surface area contributed by atoms with E-state index in [1.54, 1.807) is 0 Å². The fourth-order valence-corrected chi connectivity index (χ4v) is 2.47. The molecule has 2 N–H and O–H groups in total. The van der Waals surface area contributed by atoms with Crippen LogP contribution in [0.15, 0.2) is 16.6 Å². The Balaban J connectivity index is 2.82. The number of nitrogens with one attached hydrogen (secondary N) is 1. The van der Waals surface area contributed by atoms with E-state index in [0.717, 1.165) is 12.1 Å². The van der Waals surface area contributed by atoms with Gasteiger partial charge in [0.05, 0.1) is 17.6 Å². The fraction of sp³-hybridized carbons (Fsp3) is 0.533. The number of halogens is 1. The van der Waals surface area contributed by atoms with Crippen LogP contribution in [0.2, 0.25) is 0 Å². The molecule has 1 aromatic carbocycles. The summed E-state index contributed by atoms with van der Waals surface area (Å²) < 4.78 is 6.01. The van der Waals surface area contributed by atoms with Crippen molar-refractivity contribution in [3.05, 3.63) is 22.2 Å². The van der Waals surface area contributed by atoms with Crippen molar-refractivity contribution in [1.82, 2.24) is 10.2 Å². The molecule has 0 spiro atoms. The fourth-order valence-electron chi connectivity index (χ4n) is 1.98. The Morgan fingerprint density at radius 2 is 2.10 bits per heavy atom. The zero-order valence-corrected chi connectivity index (χ0v) is 14.4. The standard InChI is InChI=1S/C15H23BrN2O3/c1-4-17-14(19)10-18(5-2)9-11-7-12(16)15(20)13(8-11)21-6-3/h7-8,20H,4-6,9-10H2,1-3H3,(H,17,19). The smallest absolute Gasteiger partial charge is 0.234 e. The van der Waals surface area contributed by atoms with Crippen LogP contribution in [0.3, 0.4) is 0 Å². The van der Waals surface area contributed by atoms with Gasteiger partial charge in [-0.25, -0.2) is 0 Å². The molecule has 0 atom stereocenters. The first-order valence-corrected chi connectivity index (χ1v) is 7.94. The van der Waals surface area contributed by atoms with E-state index in [4.69, 9.17) is 4.74 Å². The van der Waals surface area contributed by atoms with Crippen molar-refractivity contribution >= 4 is 21.8 Å². The SMILES string of the molecule is CCNC(=O)CN(CC)Cc1cc(Br)c(O)c(OCC)c1. The molecule has 0 aromatic heterocycles. The van der Waals surface area contributed by atoms with E-state index in [1.165, 1.54) is 0 Å². The average Bonchev–Trinajstić information content (AvgIpc) is 2.44. The molecule has 0 bridgehead atoms. The molecule has 0 aliphatic rings. The molecular formula is C15H23BrN2O3. The average molecular weight is 359 g/mol. The third-order valence-corrected chi connectivity index (χ3v) is 3.59. The van der Waals surface area contributed by atoms with Crippen LogP contribution in [0.5, 0.6) is 11.5 Å². The lowest BCUT2D eigenvalue weighted by Gasteiger charge is -2.20. The first-order chi connectivity index (χ1) is 10.0. The number of nitrogens with zero attached hydrogens (tertiary/aromatic N) is 1. The number of amides is 1. The highest BCUT2D eigenvalue weighted by Crippen LogP contribution is 2.35. The lowest BCUT2D eigenvalue weighted by Crippen LogP contribution is -2.36. The molecular weight excluding hydrogens is 336 g/mol. The zero-order valence-electron chi connectivity index (χ0n) is 12.8. The molecule has 0 fully saturated rings. The molecule has 1 amide bonds. The predicted octanol–water partition coefficient (Wildman–Crippen LogP) is 2.51. The van der Waals surface area contributed by atoms with E-state index in [-0.39, 0.29) is 11.7 Å². The molecule has 1 rings (SSSR count). The first kappa shape index (κ1) is 17.8. The van der Waals surface area contributed by atoms with Crippen molar-refractivity contribution in [2.45, 2.75) is 27.3 Å². The predicted molar refractivity (Wildman–Crippen MR) is 86.6 cm³/mol. The molecule has 1 aromatic rings. The second-order valence-corrected chi connectivity index (χ2v) is 5.47. The third kappa shape index (κ3) is 5.55. The van der Waals surface area contributed by atoms with E-state index in [1.807, 2.05) is 37.8 Å². The van der Waals surface area contributed by atoms with Gasteiger partial charge in [-0.05, 0) is 54.0 Å². The Morgan fingerprint density at radius 3 is 2.67 bits per heavy atom. The number of phenolic OH excluding ortho intramolecular Hbond substituents is 1. The van der Waals surface area contributed by atoms with E-state index in [9.17, 15) is 9.90 Å². The zero-order chi connectivity index (χ0) is 15.8. The van der Waals surface area contributed by atoms with Gasteiger partial charge in [0.25, 0.3) is 0 Å². The highest BCUT2D eigenvalue weighted by molar-refractivity contribution is 9.10. The highest BCUT2D eigenvalue weighted by atomic mass is 79.9. The van der Waals surface area contributed by atoms with Gasteiger partial charge >= 0.3 is 0 Å². The number of ether oxygens (including phenoxy) is 1. The van der Waals surface area contributed by atoms with Crippen molar-refractivity contribution < 1.29 is 14.6 Å². The summed E-state index contributed by atoms with van der Waals surface area (Å²) in [6.45, 7) is 8.64. The number of hydrogen-bond acceptors (Lipinski definition) is 4. The highest BCUT2D eigenvalue weighted by Gasteiger charge is 2.13. The van der Waals surface area contributed by atoms with Gasteiger partial charge < -0.3 is 15.2 Å². The van der Waals surface area contributed by atoms with Crippen LogP contribution < -0.4 is 10.1 Å². The summed E-state index contributed by atoms with van der Waals surface area (Å²) in [5.74, 6) is 0.575. The minimum Gasteiger partial charge on any atom is -0.503 e. The maximum absolute atomic E-state index is 11.7. The summed E-state index contributed by atoms with van der Waals surface area (Å²) in [5.41, 5.74) is 0.981. The summed E-state index contributed by atoms with van der Waals surface area (Å²) in [4.78, 5) is 13.7. The Hall–Kier alpha value is -1.27. The van der Waals surface area contributed by atoms with Gasteiger partial charge in [-0.1, -0.05) is 6.92 Å². The number of carbonyl (C=O) groups excluding carboxylic acids is 1. The number of phenols is 1. The van der Waals surface area contributed by atoms with Gasteiger partial charge in [-0.15, -0.1) is 0 Å².